The van der Waals surface area contributed by atoms with Crippen molar-refractivity contribution in [1.82, 2.24) is 0 Å². The van der Waals surface area contributed by atoms with E-state index in [1.807, 2.05) is 13.0 Å². The van der Waals surface area contributed by atoms with Crippen LogP contribution in [0.15, 0.2) is 11.6 Å². The minimum Gasteiger partial charge on any atom is -0.455 e. The van der Waals surface area contributed by atoms with Crippen molar-refractivity contribution in [2.75, 3.05) is 0 Å². The SMILES string of the molecule is CCCCCCCCC[C@@H](O)[C@@H](O)[C@@H]1CC[C@@H]([C@@H]2CC[C@@H]([C@@H](O)CCCCCCCCCCCCC3=CC(C)OC3=O)O2)O1. The topological polar surface area (TPSA) is 105 Å². The van der Waals surface area contributed by atoms with Gasteiger partial charge in [0.25, 0.3) is 0 Å². The number of ether oxygens (including phenoxy) is 3. The van der Waals surface area contributed by atoms with Crippen molar-refractivity contribution in [3.63, 3.8) is 0 Å². The fourth-order valence-corrected chi connectivity index (χ4v) is 7.27. The van der Waals surface area contributed by atoms with Gasteiger partial charge in [-0.1, -0.05) is 110 Å². The van der Waals surface area contributed by atoms with Gasteiger partial charge in [-0.15, -0.1) is 0 Å². The maximum absolute atomic E-state index is 11.6. The molecule has 7 nitrogen and oxygen atoms in total. The van der Waals surface area contributed by atoms with Crippen LogP contribution in [0.1, 0.15) is 168 Å². The molecule has 0 saturated carbocycles. The van der Waals surface area contributed by atoms with E-state index in [1.54, 1.807) is 0 Å². The summed E-state index contributed by atoms with van der Waals surface area (Å²) < 4.78 is 17.6. The lowest BCUT2D eigenvalue weighted by atomic mass is 9.98. The number of unbranched alkanes of at least 4 members (excludes halogenated alkanes) is 15. The molecule has 0 bridgehead atoms. The third kappa shape index (κ3) is 13.8. The number of aliphatic hydroxyl groups is 3. The Morgan fingerprint density at radius 1 is 0.682 bits per heavy atom. The normalized spacial score (nSPS) is 27.4. The molecule has 0 amide bonds. The highest BCUT2D eigenvalue weighted by Gasteiger charge is 2.42. The van der Waals surface area contributed by atoms with Gasteiger partial charge < -0.3 is 29.5 Å². The van der Waals surface area contributed by atoms with Gasteiger partial charge in [-0.2, -0.15) is 0 Å². The minimum atomic E-state index is -0.833. The van der Waals surface area contributed by atoms with Crippen LogP contribution >= 0.6 is 0 Å². The molecule has 0 aromatic rings. The lowest BCUT2D eigenvalue weighted by Crippen LogP contribution is -2.39. The summed E-state index contributed by atoms with van der Waals surface area (Å²) in [5.41, 5.74) is 0.861. The van der Waals surface area contributed by atoms with Gasteiger partial charge in [0.05, 0.1) is 36.6 Å². The van der Waals surface area contributed by atoms with Crippen molar-refractivity contribution in [2.24, 2.45) is 0 Å². The summed E-state index contributed by atoms with van der Waals surface area (Å²) in [7, 11) is 0. The lowest BCUT2D eigenvalue weighted by Gasteiger charge is -2.26. The Kier molecular flexibility index (Phi) is 18.5. The van der Waals surface area contributed by atoms with Gasteiger partial charge in [0.15, 0.2) is 0 Å². The molecule has 256 valence electrons. The zero-order valence-corrected chi connectivity index (χ0v) is 28.1. The largest absolute Gasteiger partial charge is 0.455 e. The highest BCUT2D eigenvalue weighted by molar-refractivity contribution is 5.90. The first-order valence-corrected chi connectivity index (χ1v) is 18.7. The monoisotopic (exact) mass is 622 g/mol. The minimum absolute atomic E-state index is 0.0212. The molecule has 0 radical (unpaired) electrons. The van der Waals surface area contributed by atoms with Crippen molar-refractivity contribution < 1.29 is 34.3 Å². The zero-order chi connectivity index (χ0) is 31.6. The molecule has 8 atom stereocenters. The first-order valence-electron chi connectivity index (χ1n) is 18.7. The summed E-state index contributed by atoms with van der Waals surface area (Å²) in [5.74, 6) is -0.125. The fourth-order valence-electron chi connectivity index (χ4n) is 7.27. The maximum Gasteiger partial charge on any atom is 0.334 e. The van der Waals surface area contributed by atoms with Crippen LogP contribution in [0.5, 0.6) is 0 Å². The maximum atomic E-state index is 11.6. The first kappa shape index (κ1) is 37.5. The van der Waals surface area contributed by atoms with Gasteiger partial charge in [0, 0.05) is 5.57 Å². The van der Waals surface area contributed by atoms with Crippen LogP contribution in [0.2, 0.25) is 0 Å². The van der Waals surface area contributed by atoms with E-state index < -0.39 is 18.3 Å². The van der Waals surface area contributed by atoms with Gasteiger partial charge >= 0.3 is 5.97 Å². The smallest absolute Gasteiger partial charge is 0.334 e. The standard InChI is InChI=1S/C37H66O7/c1-3-4-5-6-11-16-19-22-31(39)36(40)35-26-25-34(44-35)33-24-23-32(43-33)30(38)21-18-15-13-10-8-7-9-12-14-17-20-29-27-28(2)42-37(29)41/h27-28,30-36,38-40H,3-26H2,1-2H3/t28?,30-,31+,32-,33-,34-,35-,36+/m0/s1. The van der Waals surface area contributed by atoms with E-state index in [1.165, 1.54) is 77.0 Å². The van der Waals surface area contributed by atoms with E-state index in [0.29, 0.717) is 6.42 Å². The highest BCUT2D eigenvalue weighted by atomic mass is 16.6. The Morgan fingerprint density at radius 2 is 1.18 bits per heavy atom. The molecular formula is C37H66O7. The highest BCUT2D eigenvalue weighted by Crippen LogP contribution is 2.35. The Labute approximate surface area is 268 Å². The van der Waals surface area contributed by atoms with Crippen LogP contribution in [0.25, 0.3) is 0 Å². The molecule has 3 heterocycles. The van der Waals surface area contributed by atoms with Gasteiger partial charge in [0.1, 0.15) is 12.2 Å². The molecular weight excluding hydrogens is 556 g/mol. The third-order valence-electron chi connectivity index (χ3n) is 10.1. The third-order valence-corrected chi connectivity index (χ3v) is 10.1. The molecule has 0 aliphatic carbocycles. The van der Waals surface area contributed by atoms with Gasteiger partial charge in [0.2, 0.25) is 0 Å². The van der Waals surface area contributed by atoms with E-state index in [-0.39, 0.29) is 36.5 Å². The summed E-state index contributed by atoms with van der Waals surface area (Å²) in [5, 5.41) is 32.0. The molecule has 7 heteroatoms. The van der Waals surface area contributed by atoms with E-state index in [4.69, 9.17) is 14.2 Å². The van der Waals surface area contributed by atoms with Gasteiger partial charge in [-0.3, -0.25) is 0 Å². The molecule has 44 heavy (non-hydrogen) atoms. The first-order chi connectivity index (χ1) is 21.4. The number of hydrogen-bond donors (Lipinski definition) is 3. The summed E-state index contributed by atoms with van der Waals surface area (Å²) >= 11 is 0. The number of rotatable bonds is 25. The molecule has 2 fully saturated rings. The van der Waals surface area contributed by atoms with Crippen molar-refractivity contribution in [1.29, 1.82) is 0 Å². The molecule has 2 saturated heterocycles. The zero-order valence-electron chi connectivity index (χ0n) is 28.1. The van der Waals surface area contributed by atoms with Gasteiger partial charge in [-0.25, -0.2) is 4.79 Å². The molecule has 0 aromatic carbocycles. The van der Waals surface area contributed by atoms with Crippen LogP contribution in [0, 0.1) is 0 Å². The number of esters is 1. The van der Waals surface area contributed by atoms with E-state index in [2.05, 4.69) is 6.92 Å². The van der Waals surface area contributed by atoms with Crippen LogP contribution in [0.4, 0.5) is 0 Å². The average molecular weight is 623 g/mol. The Bertz CT molecular complexity index is 801. The molecule has 3 N–H and O–H groups in total. The predicted octanol–water partition coefficient (Wildman–Crippen LogP) is 7.86. The van der Waals surface area contributed by atoms with Crippen molar-refractivity contribution in [3.05, 3.63) is 11.6 Å². The molecule has 3 rings (SSSR count). The lowest BCUT2D eigenvalue weighted by molar-refractivity contribution is -0.139. The summed E-state index contributed by atoms with van der Waals surface area (Å²) in [6.45, 7) is 4.14. The van der Waals surface area contributed by atoms with Crippen LogP contribution in [-0.4, -0.2) is 70.1 Å². The molecule has 1 unspecified atom stereocenters. The number of carbonyl (C=O) groups excluding carboxylic acids is 1. The summed E-state index contributed by atoms with van der Waals surface area (Å²) in [6, 6.07) is 0. The molecule has 0 spiro atoms. The van der Waals surface area contributed by atoms with Crippen LogP contribution in [-0.2, 0) is 19.0 Å². The second kappa shape index (κ2) is 21.7. The Morgan fingerprint density at radius 3 is 1.75 bits per heavy atom. The van der Waals surface area contributed by atoms with Crippen LogP contribution in [0.3, 0.4) is 0 Å². The molecule has 3 aliphatic heterocycles. The van der Waals surface area contributed by atoms with Gasteiger partial charge in [-0.05, 0) is 64.4 Å². The fraction of sp³-hybridized carbons (Fsp3) is 0.919. The van der Waals surface area contributed by atoms with E-state index in [0.717, 1.165) is 76.2 Å². The van der Waals surface area contributed by atoms with Crippen molar-refractivity contribution >= 4 is 5.97 Å². The predicted molar refractivity (Wildman–Crippen MR) is 175 cm³/mol. The van der Waals surface area contributed by atoms with Crippen LogP contribution < -0.4 is 0 Å². The quantitative estimate of drug-likeness (QED) is 0.0703. The van der Waals surface area contributed by atoms with E-state index >= 15 is 0 Å². The second-order valence-electron chi connectivity index (χ2n) is 14.0. The average Bonchev–Trinajstić information content (AvgIpc) is 3.77. The Balaban J connectivity index is 1.14. The molecule has 0 aromatic heterocycles. The number of cyclic esters (lactones) is 1. The van der Waals surface area contributed by atoms with E-state index in [9.17, 15) is 20.1 Å². The number of carbonyl (C=O) groups is 1. The van der Waals surface area contributed by atoms with Crippen molar-refractivity contribution in [3.8, 4) is 0 Å². The summed E-state index contributed by atoms with van der Waals surface area (Å²) in [4.78, 5) is 11.6. The number of hydrogen-bond acceptors (Lipinski definition) is 7. The Hall–Kier alpha value is -0.990. The van der Waals surface area contributed by atoms with Crippen molar-refractivity contribution in [2.45, 2.75) is 217 Å². The molecule has 3 aliphatic rings. The number of aliphatic hydroxyl groups excluding tert-OH is 3. The second-order valence-corrected chi connectivity index (χ2v) is 14.0. The summed E-state index contributed by atoms with van der Waals surface area (Å²) in [6.07, 6.45) is 25.4.